The first-order valence-corrected chi connectivity index (χ1v) is 11.2. The van der Waals surface area contributed by atoms with Crippen LogP contribution < -0.4 is 15.5 Å². The topological polar surface area (TPSA) is 55.8 Å². The molecule has 6 nitrogen and oxygen atoms in total. The number of hydrogen-bond acceptors (Lipinski definition) is 4. The molecule has 3 heterocycles. The number of halogens is 1. The standard InChI is InChI=1S/C22H38N6.HI/c1-3-23-22(24-11-6-12-27-15-9-19(2)10-16-27)26-18-20-7-8-21(25-17-20)28-13-4-5-14-28;/h7-8,17,19H,3-6,9-16,18H2,1-2H3,(H2,23,24,26);1H. The van der Waals surface area contributed by atoms with Gasteiger partial charge in [-0.25, -0.2) is 9.98 Å². The van der Waals surface area contributed by atoms with Crippen LogP contribution >= 0.6 is 24.0 Å². The van der Waals surface area contributed by atoms with Gasteiger partial charge in [0.15, 0.2) is 5.96 Å². The third-order valence-electron chi connectivity index (χ3n) is 5.82. The second-order valence-corrected chi connectivity index (χ2v) is 8.22. The number of nitrogens with zero attached hydrogens (tertiary/aromatic N) is 4. The lowest BCUT2D eigenvalue weighted by Gasteiger charge is -2.30. The minimum absolute atomic E-state index is 0. The Hall–Kier alpha value is -1.09. The van der Waals surface area contributed by atoms with E-state index in [1.165, 1.54) is 45.3 Å². The van der Waals surface area contributed by atoms with Crippen LogP contribution in [0.3, 0.4) is 0 Å². The molecule has 2 aliphatic heterocycles. The molecule has 1 aromatic heterocycles. The molecule has 0 aliphatic carbocycles. The minimum atomic E-state index is 0. The first-order chi connectivity index (χ1) is 13.7. The molecule has 7 heteroatoms. The van der Waals surface area contributed by atoms with E-state index in [4.69, 9.17) is 4.99 Å². The molecule has 0 unspecified atom stereocenters. The summed E-state index contributed by atoms with van der Waals surface area (Å²) in [5, 5.41) is 6.83. The van der Waals surface area contributed by atoms with Crippen LogP contribution in [0.5, 0.6) is 0 Å². The van der Waals surface area contributed by atoms with Crippen molar-refractivity contribution in [3.63, 3.8) is 0 Å². The molecule has 0 aromatic carbocycles. The number of pyridine rings is 1. The number of rotatable bonds is 8. The van der Waals surface area contributed by atoms with E-state index in [1.807, 2.05) is 6.20 Å². The van der Waals surface area contributed by atoms with Gasteiger partial charge in [0, 0.05) is 32.4 Å². The molecule has 2 aliphatic rings. The van der Waals surface area contributed by atoms with Crippen molar-refractivity contribution in [2.24, 2.45) is 10.9 Å². The average Bonchev–Trinajstić information content (AvgIpc) is 3.26. The molecule has 3 rings (SSSR count). The van der Waals surface area contributed by atoms with Crippen LogP contribution in [-0.2, 0) is 6.54 Å². The van der Waals surface area contributed by atoms with Crippen molar-refractivity contribution in [1.82, 2.24) is 20.5 Å². The molecule has 0 saturated carbocycles. The van der Waals surface area contributed by atoms with Gasteiger partial charge in [0.05, 0.1) is 6.54 Å². The van der Waals surface area contributed by atoms with Crippen molar-refractivity contribution in [3.05, 3.63) is 23.9 Å². The molecular formula is C22H39IN6. The van der Waals surface area contributed by atoms with Gasteiger partial charge in [-0.2, -0.15) is 0 Å². The van der Waals surface area contributed by atoms with E-state index in [9.17, 15) is 0 Å². The summed E-state index contributed by atoms with van der Waals surface area (Å²) in [5.74, 6) is 2.90. The second-order valence-electron chi connectivity index (χ2n) is 8.22. The Bertz CT molecular complexity index is 592. The maximum atomic E-state index is 4.73. The number of aromatic nitrogens is 1. The first kappa shape index (κ1) is 24.2. The van der Waals surface area contributed by atoms with Crippen molar-refractivity contribution in [2.45, 2.75) is 52.5 Å². The van der Waals surface area contributed by atoms with Crippen LogP contribution in [0.1, 0.15) is 51.5 Å². The van der Waals surface area contributed by atoms with Gasteiger partial charge in [-0.3, -0.25) is 0 Å². The third kappa shape index (κ3) is 8.28. The van der Waals surface area contributed by atoms with Crippen molar-refractivity contribution >= 4 is 35.8 Å². The molecule has 0 spiro atoms. The van der Waals surface area contributed by atoms with Crippen LogP contribution in [0.25, 0.3) is 0 Å². The molecule has 1 aromatic rings. The maximum absolute atomic E-state index is 4.73. The molecule has 29 heavy (non-hydrogen) atoms. The normalized spacial score (nSPS) is 18.6. The highest BCUT2D eigenvalue weighted by Crippen LogP contribution is 2.18. The van der Waals surface area contributed by atoms with Crippen LogP contribution in [0.4, 0.5) is 5.82 Å². The summed E-state index contributed by atoms with van der Waals surface area (Å²) in [5.41, 5.74) is 1.16. The molecule has 0 amide bonds. The van der Waals surface area contributed by atoms with Gasteiger partial charge in [-0.05, 0) is 76.2 Å². The zero-order valence-electron chi connectivity index (χ0n) is 18.2. The Kier molecular flexibility index (Phi) is 11.1. The molecule has 2 fully saturated rings. The summed E-state index contributed by atoms with van der Waals surface area (Å²) >= 11 is 0. The van der Waals surface area contributed by atoms with Crippen LogP contribution in [0, 0.1) is 5.92 Å². The predicted octanol–water partition coefficient (Wildman–Crippen LogP) is 3.48. The zero-order chi connectivity index (χ0) is 19.6. The van der Waals surface area contributed by atoms with E-state index in [-0.39, 0.29) is 24.0 Å². The smallest absolute Gasteiger partial charge is 0.191 e. The molecule has 2 N–H and O–H groups in total. The van der Waals surface area contributed by atoms with Gasteiger partial charge in [0.1, 0.15) is 5.82 Å². The van der Waals surface area contributed by atoms with E-state index >= 15 is 0 Å². The Balaban J connectivity index is 0.00000300. The Morgan fingerprint density at radius 1 is 1.14 bits per heavy atom. The van der Waals surface area contributed by atoms with Crippen molar-refractivity contribution in [1.29, 1.82) is 0 Å². The Morgan fingerprint density at radius 2 is 1.90 bits per heavy atom. The van der Waals surface area contributed by atoms with E-state index in [0.717, 1.165) is 55.9 Å². The number of guanidine groups is 1. The average molecular weight is 515 g/mol. The number of piperidine rings is 1. The van der Waals surface area contributed by atoms with Gasteiger partial charge in [0.2, 0.25) is 0 Å². The lowest BCUT2D eigenvalue weighted by Crippen LogP contribution is -2.39. The van der Waals surface area contributed by atoms with Crippen molar-refractivity contribution in [2.75, 3.05) is 50.7 Å². The van der Waals surface area contributed by atoms with Crippen LogP contribution in [0.2, 0.25) is 0 Å². The maximum Gasteiger partial charge on any atom is 0.191 e. The highest BCUT2D eigenvalue weighted by molar-refractivity contribution is 14.0. The third-order valence-corrected chi connectivity index (χ3v) is 5.82. The summed E-state index contributed by atoms with van der Waals surface area (Å²) < 4.78 is 0. The quantitative estimate of drug-likeness (QED) is 0.241. The van der Waals surface area contributed by atoms with E-state index < -0.39 is 0 Å². The monoisotopic (exact) mass is 514 g/mol. The number of hydrogen-bond donors (Lipinski definition) is 2. The molecule has 0 radical (unpaired) electrons. The summed E-state index contributed by atoms with van der Waals surface area (Å²) in [6.45, 7) is 12.9. The predicted molar refractivity (Wildman–Crippen MR) is 133 cm³/mol. The lowest BCUT2D eigenvalue weighted by atomic mass is 9.99. The summed E-state index contributed by atoms with van der Waals surface area (Å²) in [6, 6.07) is 4.29. The van der Waals surface area contributed by atoms with Crippen LogP contribution in [0.15, 0.2) is 23.3 Å². The molecule has 0 bridgehead atoms. The highest BCUT2D eigenvalue weighted by atomic mass is 127. The van der Waals surface area contributed by atoms with Gasteiger partial charge in [-0.1, -0.05) is 13.0 Å². The Labute approximate surface area is 194 Å². The molecule has 0 atom stereocenters. The van der Waals surface area contributed by atoms with Crippen molar-refractivity contribution in [3.8, 4) is 0 Å². The number of nitrogens with one attached hydrogen (secondary N) is 2. The Morgan fingerprint density at radius 3 is 2.55 bits per heavy atom. The number of aliphatic imine (C=N–C) groups is 1. The van der Waals surface area contributed by atoms with E-state index in [2.05, 4.69) is 51.4 Å². The molecule has 2 saturated heterocycles. The van der Waals surface area contributed by atoms with Crippen molar-refractivity contribution < 1.29 is 0 Å². The minimum Gasteiger partial charge on any atom is -0.357 e. The first-order valence-electron chi connectivity index (χ1n) is 11.2. The molecule has 164 valence electrons. The van der Waals surface area contributed by atoms with Crippen LogP contribution in [-0.4, -0.2) is 61.7 Å². The van der Waals surface area contributed by atoms with Gasteiger partial charge < -0.3 is 20.4 Å². The largest absolute Gasteiger partial charge is 0.357 e. The SMILES string of the molecule is CCNC(=NCc1ccc(N2CCCC2)nc1)NCCCN1CCC(C)CC1.I. The zero-order valence-corrected chi connectivity index (χ0v) is 20.5. The van der Waals surface area contributed by atoms with E-state index in [0.29, 0.717) is 6.54 Å². The van der Waals surface area contributed by atoms with E-state index in [1.54, 1.807) is 0 Å². The fourth-order valence-corrected chi connectivity index (χ4v) is 3.95. The van der Waals surface area contributed by atoms with Gasteiger partial charge in [-0.15, -0.1) is 24.0 Å². The summed E-state index contributed by atoms with van der Waals surface area (Å²) in [4.78, 5) is 14.3. The second kappa shape index (κ2) is 13.3. The summed E-state index contributed by atoms with van der Waals surface area (Å²) in [7, 11) is 0. The molecular weight excluding hydrogens is 475 g/mol. The van der Waals surface area contributed by atoms with Gasteiger partial charge in [0.25, 0.3) is 0 Å². The summed E-state index contributed by atoms with van der Waals surface area (Å²) in [6.07, 6.45) is 8.39. The highest BCUT2D eigenvalue weighted by Gasteiger charge is 2.15. The lowest BCUT2D eigenvalue weighted by molar-refractivity contribution is 0.191. The number of anilines is 1. The fraction of sp³-hybridized carbons (Fsp3) is 0.727. The van der Waals surface area contributed by atoms with Gasteiger partial charge >= 0.3 is 0 Å². The number of likely N-dealkylation sites (tertiary alicyclic amines) is 1. The fourth-order valence-electron chi connectivity index (χ4n) is 3.95.